The molecule has 0 spiro atoms. The van der Waals surface area contributed by atoms with Crippen LogP contribution < -0.4 is 42.5 Å². The highest BCUT2D eigenvalue weighted by molar-refractivity contribution is 7.18. The molecule has 1 aliphatic carbocycles. The van der Waals surface area contributed by atoms with E-state index in [1.54, 1.807) is 80.2 Å². The molecule has 36 heteroatoms. The van der Waals surface area contributed by atoms with Crippen molar-refractivity contribution < 1.29 is 58.8 Å². The van der Waals surface area contributed by atoms with Gasteiger partial charge in [-0.05, 0) is 320 Å². The Kier molecular flexibility index (Phi) is 31.0. The summed E-state index contributed by atoms with van der Waals surface area (Å²) in [5.41, 5.74) is 3.95. The van der Waals surface area contributed by atoms with Gasteiger partial charge in [-0.15, -0.1) is 45.3 Å². The molecule has 0 aromatic carbocycles. The van der Waals surface area contributed by atoms with Gasteiger partial charge in [0.25, 0.3) is 47.3 Å². The van der Waals surface area contributed by atoms with Gasteiger partial charge in [0.05, 0.1) is 41.9 Å². The molecule has 0 atom stereocenters. The number of nitrogens with one attached hydrogen (secondary N) is 8. The van der Waals surface area contributed by atoms with Crippen LogP contribution >= 0.6 is 45.3 Å². The van der Waals surface area contributed by atoms with Gasteiger partial charge in [0, 0.05) is 144 Å². The second-order valence-corrected chi connectivity index (χ2v) is 48.2. The van der Waals surface area contributed by atoms with Crippen LogP contribution in [0.3, 0.4) is 0 Å². The monoisotopic (exact) mass is 1970 g/mol. The van der Waals surface area contributed by atoms with Gasteiger partial charge in [-0.2, -0.15) is 0 Å². The first-order valence-corrected chi connectivity index (χ1v) is 52.3. The molecule has 12 N–H and O–H groups in total. The van der Waals surface area contributed by atoms with Crippen molar-refractivity contribution in [1.82, 2.24) is 80.7 Å². The third-order valence-electron chi connectivity index (χ3n) is 27.3. The van der Waals surface area contributed by atoms with Gasteiger partial charge in [0.1, 0.15) is 46.0 Å². The average Bonchev–Trinajstić information content (AvgIpc) is 1.62. The third-order valence-corrected chi connectivity index (χ3v) is 31.7. The van der Waals surface area contributed by atoms with E-state index >= 15 is 0 Å². The number of nitrogens with zero attached hydrogens (tertiary/aromatic N) is 12. The molecule has 32 nitrogen and oxygen atoms in total. The highest BCUT2D eigenvalue weighted by Gasteiger charge is 2.49. The second kappa shape index (κ2) is 41.2. The molecule has 0 unspecified atom stereocenters. The highest BCUT2D eigenvalue weighted by Crippen LogP contribution is 2.48. The lowest BCUT2D eigenvalue weighted by molar-refractivity contribution is 0.0691. The third kappa shape index (κ3) is 24.9. The molecular weight excluding hydrogens is 1830 g/mol. The van der Waals surface area contributed by atoms with E-state index in [-0.39, 0.29) is 147 Å². The maximum absolute atomic E-state index is 13.8. The molecule has 16 heterocycles. The number of hydrogen-bond acceptors (Lipinski definition) is 28. The van der Waals surface area contributed by atoms with Gasteiger partial charge in [-0.25, -0.2) is 39.9 Å². The van der Waals surface area contributed by atoms with E-state index in [0.717, 1.165) is 177 Å². The van der Waals surface area contributed by atoms with Gasteiger partial charge >= 0.3 is 0 Å². The minimum Gasteiger partial charge on any atom is -0.389 e. The number of anilines is 4. The van der Waals surface area contributed by atoms with Gasteiger partial charge in [0.15, 0.2) is 20.0 Å². The number of carbonyl (C=O) groups excluding carboxylic acids is 8. The largest absolute Gasteiger partial charge is 0.389 e. The summed E-state index contributed by atoms with van der Waals surface area (Å²) in [4.78, 5) is 153. The van der Waals surface area contributed by atoms with Crippen molar-refractivity contribution in [3.05, 3.63) is 114 Å². The number of amides is 8. The first-order chi connectivity index (χ1) is 64.7. The fourth-order valence-corrected chi connectivity index (χ4v) is 23.9. The zero-order valence-electron chi connectivity index (χ0n) is 84.2. The number of pyridine rings is 4. The molecule has 8 bridgehead atoms. The molecule has 138 heavy (non-hydrogen) atoms. The standard InChI is InChI=1S/C27H37N5O3S.C26H37N5O3S.C25H35N5O3S.C24H33N5O3S/c1-15-12-20(31-27(4,5)16-6-7-16)28-13-19(15)22-21(25(34)32-17-8-9-18(32)11-10-17)30-24(36-22)23(33)29-14-26(2,3)35;1-7-25(3,4)30-19-12-15(2)18(13-27-19)21-20(24(33)31-16-8-9-17(31)11-10-16)29-23(35-21)22(32)28-14-26(5,6)34;1-14-11-18(29-24(2,3)4)26-12-17(14)20-19(23(32)30-15-7-8-16(30)10-9-15)28-22(34-20)21(31)27-13-25(5,6)33;1-13(2)27-18-10-14(3)17(11-25-18)20-19(23(31)29-15-6-7-16(29)9-8-15)28-22(33-20)21(30)26-12-24(4,5)32/h12-13,16-18,35H,6-11,14H2,1-5H3,(H,28,31)(H,29,33);12-13,16-17,34H,7-11,14H2,1-6H3,(H,27,30)(H,28,32);11-12,15-16,33H,7-10,13H2,1-6H3,(H,26,29)(H,27,31);10-11,13,15-16,32H,6-9,12H2,1-5H3,(H,25,27)(H,26,30). The van der Waals surface area contributed by atoms with Gasteiger partial charge in [-0.1, -0.05) is 6.92 Å². The zero-order chi connectivity index (χ0) is 100. The van der Waals surface area contributed by atoms with Crippen molar-refractivity contribution in [3.8, 4) is 41.8 Å². The number of rotatable bonds is 29. The number of aliphatic hydroxyl groups is 4. The predicted molar refractivity (Wildman–Crippen MR) is 544 cm³/mol. The van der Waals surface area contributed by atoms with Crippen molar-refractivity contribution in [3.63, 3.8) is 0 Å². The Hall–Kier alpha value is -10.1. The maximum Gasteiger partial charge on any atom is 0.280 e. The fourth-order valence-electron chi connectivity index (χ4n) is 19.7. The molecule has 746 valence electrons. The molecule has 9 fully saturated rings. The second-order valence-electron chi connectivity index (χ2n) is 44.2. The SMILES string of the molecule is CCC(C)(C)Nc1cc(C)c(-c2sc(C(=O)NCC(C)(C)O)nc2C(=O)N2C3CCC2CC3)cn1.Cc1cc(NC(C)(C)C)ncc1-c1sc(C(=O)NCC(C)(C)O)nc1C(=O)N1C2CCC1CC2.Cc1cc(NC(C)(C)C2CC2)ncc1-c1sc(C(=O)NCC(C)(C)O)nc1C(=O)N1C2CCC1CC2.Cc1cc(NC(C)C)ncc1-c1sc(C(=O)NCC(C)(C)O)nc1C(=O)N1C2CCC1CC2. The van der Waals surface area contributed by atoms with Crippen molar-refractivity contribution in [2.24, 2.45) is 5.92 Å². The molecule has 8 aliphatic heterocycles. The number of aryl methyl sites for hydroxylation is 4. The molecule has 1 saturated carbocycles. The minimum atomic E-state index is -1.04. The van der Waals surface area contributed by atoms with Crippen LogP contribution in [0.1, 0.15) is 350 Å². The van der Waals surface area contributed by atoms with Crippen LogP contribution in [0.15, 0.2) is 49.1 Å². The van der Waals surface area contributed by atoms with Gasteiger partial charge < -0.3 is 82.6 Å². The lowest BCUT2D eigenvalue weighted by Crippen LogP contribution is -2.38. The summed E-state index contributed by atoms with van der Waals surface area (Å²) in [5, 5.41) is 65.5. The predicted octanol–water partition coefficient (Wildman–Crippen LogP) is 16.4. The van der Waals surface area contributed by atoms with E-state index in [4.69, 9.17) is 0 Å². The van der Waals surface area contributed by atoms with E-state index in [1.165, 1.54) is 58.2 Å². The Morgan fingerprint density at radius 3 is 0.783 bits per heavy atom. The molecule has 9 aliphatic rings. The van der Waals surface area contributed by atoms with Crippen LogP contribution in [0, 0.1) is 33.6 Å². The number of thiazole rings is 4. The first-order valence-electron chi connectivity index (χ1n) is 49.0. The molecule has 0 radical (unpaired) electrons. The van der Waals surface area contributed by atoms with Crippen LogP contribution in [0.5, 0.6) is 0 Å². The van der Waals surface area contributed by atoms with Gasteiger partial charge in [0.2, 0.25) is 0 Å². The Morgan fingerprint density at radius 2 is 0.572 bits per heavy atom. The van der Waals surface area contributed by atoms with E-state index in [0.29, 0.717) is 48.2 Å². The Bertz CT molecular complexity index is 5780. The fraction of sp³-hybridized carbons (Fsp3) is 0.608. The summed E-state index contributed by atoms with van der Waals surface area (Å²) in [7, 11) is 0. The number of hydrogen-bond donors (Lipinski definition) is 12. The zero-order valence-corrected chi connectivity index (χ0v) is 87.5. The average molecular weight is 1970 g/mol. The normalized spacial score (nSPS) is 20.4. The topological polar surface area (TPSA) is 430 Å². The molecule has 8 aromatic rings. The highest BCUT2D eigenvalue weighted by atomic mass is 32.1. The molecule has 8 saturated heterocycles. The van der Waals surface area contributed by atoms with Crippen molar-refractivity contribution in [1.29, 1.82) is 0 Å². The van der Waals surface area contributed by atoms with Crippen molar-refractivity contribution in [2.75, 3.05) is 47.4 Å². The Labute approximate surface area is 827 Å². The summed E-state index contributed by atoms with van der Waals surface area (Å²) in [6.45, 7) is 42.4. The quantitative estimate of drug-likeness (QED) is 0.0207. The summed E-state index contributed by atoms with van der Waals surface area (Å²) in [5.74, 6) is 1.80. The number of fused-ring (bicyclic) bond motifs is 8. The van der Waals surface area contributed by atoms with Crippen LogP contribution in [0.2, 0.25) is 0 Å². The van der Waals surface area contributed by atoms with Crippen molar-refractivity contribution >= 4 is 116 Å². The summed E-state index contributed by atoms with van der Waals surface area (Å²) < 4.78 is 0. The van der Waals surface area contributed by atoms with E-state index in [9.17, 15) is 58.8 Å². The summed E-state index contributed by atoms with van der Waals surface area (Å²) >= 11 is 4.83. The molecule has 8 amide bonds. The molecule has 8 aromatic heterocycles. The van der Waals surface area contributed by atoms with E-state index in [1.807, 2.05) is 85.4 Å². The Morgan fingerprint density at radius 1 is 0.348 bits per heavy atom. The number of aromatic nitrogens is 8. The first kappa shape index (κ1) is 104. The van der Waals surface area contributed by atoms with Crippen LogP contribution in [0.25, 0.3) is 41.8 Å². The van der Waals surface area contributed by atoms with Gasteiger partial charge in [-0.3, -0.25) is 38.4 Å². The maximum atomic E-state index is 13.8. The van der Waals surface area contributed by atoms with Crippen molar-refractivity contribution in [2.45, 2.75) is 368 Å². The summed E-state index contributed by atoms with van der Waals surface area (Å²) in [6, 6.07) is 10.3. The minimum absolute atomic E-state index is 0.0205. The van der Waals surface area contributed by atoms with Crippen LogP contribution in [-0.4, -0.2) is 247 Å². The Balaban J connectivity index is 0.000000147. The lowest BCUT2D eigenvalue weighted by atomic mass is 9.98. The lowest BCUT2D eigenvalue weighted by Gasteiger charge is -2.27. The summed E-state index contributed by atoms with van der Waals surface area (Å²) in [6.07, 6.45) is 27.0. The number of carbonyl (C=O) groups is 8. The van der Waals surface area contributed by atoms with E-state index < -0.39 is 40.1 Å². The van der Waals surface area contributed by atoms with Crippen LogP contribution in [0.4, 0.5) is 23.3 Å². The van der Waals surface area contributed by atoms with E-state index in [2.05, 4.69) is 138 Å². The van der Waals surface area contributed by atoms with Crippen LogP contribution in [-0.2, 0) is 0 Å². The molecular formula is C102H142N20O12S4. The molecule has 17 rings (SSSR count). The smallest absolute Gasteiger partial charge is 0.280 e.